The van der Waals surface area contributed by atoms with Gasteiger partial charge in [-0.15, -0.1) is 0 Å². The number of carbonyl (C=O) groups excluding carboxylic acids is 1. The minimum absolute atomic E-state index is 0.0355. The fourth-order valence-electron chi connectivity index (χ4n) is 2.68. The number of benzene rings is 1. The molecule has 1 heterocycles. The summed E-state index contributed by atoms with van der Waals surface area (Å²) in [6, 6.07) is 4.52. The molecule has 0 saturated carbocycles. The largest absolute Gasteiger partial charge is 0.484 e. The van der Waals surface area contributed by atoms with Gasteiger partial charge in [0.15, 0.2) is 6.61 Å². The lowest BCUT2D eigenvalue weighted by atomic mass is 10.1. The SMILES string of the molecule is O=C(COc1cccc(C(F)(F)F)c1)NCCCN1CCCCC1. The van der Waals surface area contributed by atoms with Crippen LogP contribution in [0, 0.1) is 0 Å². The summed E-state index contributed by atoms with van der Waals surface area (Å²) in [6.07, 6.45) is 0.194. The van der Waals surface area contributed by atoms with E-state index in [0.717, 1.165) is 38.2 Å². The molecule has 24 heavy (non-hydrogen) atoms. The molecular weight excluding hydrogens is 321 g/mol. The summed E-state index contributed by atoms with van der Waals surface area (Å²) in [5.41, 5.74) is -0.790. The molecule has 0 unspecified atom stereocenters. The number of piperidine rings is 1. The van der Waals surface area contributed by atoms with E-state index >= 15 is 0 Å². The standard InChI is InChI=1S/C17H23F3N2O2/c18-17(19,20)14-6-4-7-15(12-14)24-13-16(23)21-8-5-11-22-9-2-1-3-10-22/h4,6-7,12H,1-3,5,8-11,13H2,(H,21,23). The molecule has 1 amide bonds. The van der Waals surface area contributed by atoms with Crippen LogP contribution in [-0.2, 0) is 11.0 Å². The summed E-state index contributed by atoms with van der Waals surface area (Å²) in [5.74, 6) is -0.292. The van der Waals surface area contributed by atoms with Crippen molar-refractivity contribution in [1.82, 2.24) is 10.2 Å². The molecule has 1 N–H and O–H groups in total. The smallest absolute Gasteiger partial charge is 0.416 e. The Morgan fingerprint density at radius 2 is 1.96 bits per heavy atom. The van der Waals surface area contributed by atoms with E-state index in [2.05, 4.69) is 10.2 Å². The fraction of sp³-hybridized carbons (Fsp3) is 0.588. The van der Waals surface area contributed by atoms with E-state index < -0.39 is 11.7 Å². The van der Waals surface area contributed by atoms with E-state index in [0.29, 0.717) is 6.54 Å². The van der Waals surface area contributed by atoms with E-state index in [1.54, 1.807) is 0 Å². The molecule has 4 nitrogen and oxygen atoms in total. The quantitative estimate of drug-likeness (QED) is 0.773. The number of hydrogen-bond acceptors (Lipinski definition) is 3. The van der Waals surface area contributed by atoms with Crippen molar-refractivity contribution in [2.45, 2.75) is 31.9 Å². The van der Waals surface area contributed by atoms with Crippen LogP contribution in [-0.4, -0.2) is 43.6 Å². The summed E-state index contributed by atoms with van der Waals surface area (Å²) in [4.78, 5) is 14.1. The van der Waals surface area contributed by atoms with Crippen LogP contribution in [0.3, 0.4) is 0 Å². The number of alkyl halides is 3. The molecule has 1 aromatic rings. The summed E-state index contributed by atoms with van der Waals surface area (Å²) < 4.78 is 42.9. The van der Waals surface area contributed by atoms with Gasteiger partial charge >= 0.3 is 6.18 Å². The first-order valence-corrected chi connectivity index (χ1v) is 8.24. The molecule has 0 spiro atoms. The summed E-state index contributed by atoms with van der Waals surface area (Å²) in [7, 11) is 0. The summed E-state index contributed by atoms with van der Waals surface area (Å²) in [6.45, 7) is 3.44. The van der Waals surface area contributed by atoms with Gasteiger partial charge in [0.2, 0.25) is 0 Å². The first-order valence-electron chi connectivity index (χ1n) is 8.24. The number of halogens is 3. The number of ether oxygens (including phenoxy) is 1. The lowest BCUT2D eigenvalue weighted by molar-refractivity contribution is -0.137. The third kappa shape index (κ3) is 6.39. The second-order valence-electron chi connectivity index (χ2n) is 5.92. The van der Waals surface area contributed by atoms with E-state index in [9.17, 15) is 18.0 Å². The zero-order valence-electron chi connectivity index (χ0n) is 13.6. The van der Waals surface area contributed by atoms with Gasteiger partial charge in [0.25, 0.3) is 5.91 Å². The van der Waals surface area contributed by atoms with E-state index in [1.807, 2.05) is 0 Å². The summed E-state index contributed by atoms with van der Waals surface area (Å²) in [5, 5.41) is 2.72. The van der Waals surface area contributed by atoms with Crippen LogP contribution in [0.1, 0.15) is 31.2 Å². The predicted octanol–water partition coefficient (Wildman–Crippen LogP) is 3.08. The predicted molar refractivity (Wildman–Crippen MR) is 84.9 cm³/mol. The van der Waals surface area contributed by atoms with Crippen molar-refractivity contribution in [1.29, 1.82) is 0 Å². The minimum Gasteiger partial charge on any atom is -0.484 e. The van der Waals surface area contributed by atoms with Crippen molar-refractivity contribution < 1.29 is 22.7 Å². The van der Waals surface area contributed by atoms with Crippen LogP contribution in [0.2, 0.25) is 0 Å². The van der Waals surface area contributed by atoms with Crippen molar-refractivity contribution in [2.75, 3.05) is 32.8 Å². The Balaban J connectivity index is 1.64. The third-order valence-electron chi connectivity index (χ3n) is 3.95. The molecule has 0 atom stereocenters. The Bertz CT molecular complexity index is 529. The van der Waals surface area contributed by atoms with Crippen LogP contribution in [0.15, 0.2) is 24.3 Å². The van der Waals surface area contributed by atoms with Gasteiger partial charge in [-0.25, -0.2) is 0 Å². The molecular formula is C17H23F3N2O2. The van der Waals surface area contributed by atoms with Crippen molar-refractivity contribution >= 4 is 5.91 Å². The third-order valence-corrected chi connectivity index (χ3v) is 3.95. The molecule has 134 valence electrons. The Kier molecular flexibility index (Phi) is 6.90. The van der Waals surface area contributed by atoms with Gasteiger partial charge in [0, 0.05) is 6.54 Å². The molecule has 1 saturated heterocycles. The number of carbonyl (C=O) groups is 1. The Hall–Kier alpha value is -1.76. The van der Waals surface area contributed by atoms with Crippen LogP contribution >= 0.6 is 0 Å². The van der Waals surface area contributed by atoms with Crippen molar-refractivity contribution in [2.24, 2.45) is 0 Å². The maximum atomic E-state index is 12.6. The second-order valence-corrected chi connectivity index (χ2v) is 5.92. The van der Waals surface area contributed by atoms with Crippen LogP contribution < -0.4 is 10.1 Å². The van der Waals surface area contributed by atoms with Gasteiger partial charge < -0.3 is 15.0 Å². The molecule has 0 radical (unpaired) electrons. The van der Waals surface area contributed by atoms with Crippen molar-refractivity contribution in [3.63, 3.8) is 0 Å². The van der Waals surface area contributed by atoms with Crippen LogP contribution in [0.4, 0.5) is 13.2 Å². The Labute approximate surface area is 140 Å². The molecule has 1 aliphatic heterocycles. The fourth-order valence-corrected chi connectivity index (χ4v) is 2.68. The molecule has 0 aromatic heterocycles. The molecule has 0 aliphatic carbocycles. The average molecular weight is 344 g/mol. The monoisotopic (exact) mass is 344 g/mol. The molecule has 1 aromatic carbocycles. The highest BCUT2D eigenvalue weighted by Gasteiger charge is 2.30. The van der Waals surface area contributed by atoms with Gasteiger partial charge in [-0.05, 0) is 57.1 Å². The van der Waals surface area contributed by atoms with Crippen LogP contribution in [0.25, 0.3) is 0 Å². The topological polar surface area (TPSA) is 41.6 Å². The normalized spacial score (nSPS) is 16.0. The summed E-state index contributed by atoms with van der Waals surface area (Å²) >= 11 is 0. The lowest BCUT2D eigenvalue weighted by Crippen LogP contribution is -2.34. The van der Waals surface area contributed by atoms with Gasteiger partial charge in [-0.1, -0.05) is 12.5 Å². The highest BCUT2D eigenvalue weighted by atomic mass is 19.4. The van der Waals surface area contributed by atoms with Gasteiger partial charge in [0.05, 0.1) is 5.56 Å². The molecule has 1 aliphatic rings. The number of likely N-dealkylation sites (tertiary alicyclic amines) is 1. The number of hydrogen-bond donors (Lipinski definition) is 1. The first kappa shape index (κ1) is 18.6. The van der Waals surface area contributed by atoms with Gasteiger partial charge in [0.1, 0.15) is 5.75 Å². The van der Waals surface area contributed by atoms with Gasteiger partial charge in [-0.2, -0.15) is 13.2 Å². The zero-order chi connectivity index (χ0) is 17.4. The van der Waals surface area contributed by atoms with E-state index in [4.69, 9.17) is 4.74 Å². The van der Waals surface area contributed by atoms with Crippen molar-refractivity contribution in [3.8, 4) is 5.75 Å². The maximum absolute atomic E-state index is 12.6. The van der Waals surface area contributed by atoms with Crippen molar-refractivity contribution in [3.05, 3.63) is 29.8 Å². The number of nitrogens with zero attached hydrogens (tertiary/aromatic N) is 1. The number of nitrogens with one attached hydrogen (secondary N) is 1. The highest BCUT2D eigenvalue weighted by molar-refractivity contribution is 5.77. The number of rotatable bonds is 7. The van der Waals surface area contributed by atoms with E-state index in [-0.39, 0.29) is 18.3 Å². The van der Waals surface area contributed by atoms with Crippen LogP contribution in [0.5, 0.6) is 5.75 Å². The highest BCUT2D eigenvalue weighted by Crippen LogP contribution is 2.31. The zero-order valence-corrected chi connectivity index (χ0v) is 13.6. The molecule has 0 bridgehead atoms. The second kappa shape index (κ2) is 8.92. The van der Waals surface area contributed by atoms with E-state index in [1.165, 1.54) is 31.4 Å². The first-order chi connectivity index (χ1) is 11.4. The minimum atomic E-state index is -4.42. The van der Waals surface area contributed by atoms with Gasteiger partial charge in [-0.3, -0.25) is 4.79 Å². The average Bonchev–Trinajstić information content (AvgIpc) is 2.57. The lowest BCUT2D eigenvalue weighted by Gasteiger charge is -2.26. The number of amides is 1. The molecule has 1 fully saturated rings. The maximum Gasteiger partial charge on any atom is 0.416 e. The Morgan fingerprint density at radius 1 is 1.21 bits per heavy atom. The Morgan fingerprint density at radius 3 is 2.67 bits per heavy atom. The molecule has 7 heteroatoms. The molecule has 2 rings (SSSR count).